The number of fused-ring (bicyclic) bond motifs is 1. The molecule has 0 amide bonds. The van der Waals surface area contributed by atoms with Gasteiger partial charge in [-0.2, -0.15) is 0 Å². The summed E-state index contributed by atoms with van der Waals surface area (Å²) < 4.78 is 14.3. The van der Waals surface area contributed by atoms with Crippen molar-refractivity contribution >= 4 is 5.65 Å². The largest absolute Gasteiger partial charge is 0.316 e. The Labute approximate surface area is 103 Å². The molecule has 0 aromatic carbocycles. The van der Waals surface area contributed by atoms with Crippen LogP contribution in [0.15, 0.2) is 29.2 Å². The smallest absolute Gasteiger partial charge is 0.258 e. The lowest BCUT2D eigenvalue weighted by Crippen LogP contribution is -2.18. The Morgan fingerprint density at radius 1 is 1.50 bits per heavy atom. The average Bonchev–Trinajstić information content (AvgIpc) is 2.83. The molecule has 2 aromatic heterocycles. The first-order chi connectivity index (χ1) is 8.72. The molecule has 1 fully saturated rings. The molecule has 18 heavy (non-hydrogen) atoms. The topological polar surface area (TPSA) is 46.4 Å². The normalized spacial score (nSPS) is 19.5. The number of aromatic nitrogens is 2. The number of nitrogens with one attached hydrogen (secondary N) is 1. The predicted molar refractivity (Wildman–Crippen MR) is 66.1 cm³/mol. The average molecular weight is 247 g/mol. The first-order valence-electron chi connectivity index (χ1n) is 6.11. The Hall–Kier alpha value is -1.75. The Morgan fingerprint density at radius 2 is 2.39 bits per heavy atom. The Kier molecular flexibility index (Phi) is 2.83. The predicted octanol–water partition coefficient (Wildman–Crippen LogP) is 0.986. The quantitative estimate of drug-likeness (QED) is 0.860. The van der Waals surface area contributed by atoms with Crippen molar-refractivity contribution in [3.8, 4) is 0 Å². The second-order valence-corrected chi connectivity index (χ2v) is 4.72. The van der Waals surface area contributed by atoms with Gasteiger partial charge in [0.15, 0.2) is 0 Å². The van der Waals surface area contributed by atoms with Crippen LogP contribution in [0.2, 0.25) is 0 Å². The van der Waals surface area contributed by atoms with Crippen molar-refractivity contribution in [3.05, 3.63) is 46.3 Å². The molecule has 1 unspecified atom stereocenters. The Bertz CT molecular complexity index is 632. The fourth-order valence-corrected chi connectivity index (χ4v) is 2.42. The minimum Gasteiger partial charge on any atom is -0.316 e. The highest BCUT2D eigenvalue weighted by molar-refractivity contribution is 5.38. The summed E-state index contributed by atoms with van der Waals surface area (Å²) >= 11 is 0. The van der Waals surface area contributed by atoms with Gasteiger partial charge in [0.05, 0.1) is 0 Å². The number of halogens is 1. The van der Waals surface area contributed by atoms with Gasteiger partial charge in [0.1, 0.15) is 11.5 Å². The maximum absolute atomic E-state index is 13.0. The molecule has 1 saturated heterocycles. The van der Waals surface area contributed by atoms with Gasteiger partial charge in [-0.25, -0.2) is 9.37 Å². The van der Waals surface area contributed by atoms with Crippen LogP contribution < -0.4 is 10.9 Å². The van der Waals surface area contributed by atoms with Crippen molar-refractivity contribution in [3.63, 3.8) is 0 Å². The van der Waals surface area contributed by atoms with E-state index in [-0.39, 0.29) is 5.56 Å². The van der Waals surface area contributed by atoms with Crippen LogP contribution in [0.4, 0.5) is 4.39 Å². The third kappa shape index (κ3) is 2.13. The highest BCUT2D eigenvalue weighted by atomic mass is 19.1. The van der Waals surface area contributed by atoms with E-state index in [4.69, 9.17) is 0 Å². The number of rotatable bonds is 2. The van der Waals surface area contributed by atoms with Crippen molar-refractivity contribution in [2.75, 3.05) is 13.1 Å². The van der Waals surface area contributed by atoms with Crippen LogP contribution in [0.25, 0.3) is 5.65 Å². The fourth-order valence-electron chi connectivity index (χ4n) is 2.42. The van der Waals surface area contributed by atoms with Gasteiger partial charge in [-0.3, -0.25) is 9.20 Å². The number of pyridine rings is 1. The van der Waals surface area contributed by atoms with E-state index in [1.165, 1.54) is 28.8 Å². The minimum atomic E-state index is -0.431. The van der Waals surface area contributed by atoms with Gasteiger partial charge in [0.2, 0.25) is 0 Å². The molecule has 1 aliphatic heterocycles. The number of nitrogens with zero attached hydrogens (tertiary/aromatic N) is 2. The van der Waals surface area contributed by atoms with Gasteiger partial charge in [-0.15, -0.1) is 0 Å². The first kappa shape index (κ1) is 11.3. The van der Waals surface area contributed by atoms with Crippen LogP contribution in [0, 0.1) is 11.7 Å². The lowest BCUT2D eigenvalue weighted by Gasteiger charge is -2.08. The summed E-state index contributed by atoms with van der Waals surface area (Å²) in [5, 5.41) is 3.29. The number of hydrogen-bond donors (Lipinski definition) is 1. The van der Waals surface area contributed by atoms with Crippen molar-refractivity contribution in [1.82, 2.24) is 14.7 Å². The molecule has 4 nitrogen and oxygen atoms in total. The molecule has 5 heteroatoms. The molecule has 0 spiro atoms. The molecule has 0 bridgehead atoms. The summed E-state index contributed by atoms with van der Waals surface area (Å²) in [4.78, 5) is 16.3. The molecule has 0 radical (unpaired) electrons. The molecule has 1 aliphatic rings. The third-order valence-electron chi connectivity index (χ3n) is 3.34. The van der Waals surface area contributed by atoms with E-state index in [1.807, 2.05) is 0 Å². The molecule has 1 atom stereocenters. The SMILES string of the molecule is O=c1cc(CC2CCNC2)nc2ccc(F)cn12. The van der Waals surface area contributed by atoms with E-state index in [0.717, 1.165) is 31.6 Å². The van der Waals surface area contributed by atoms with Crippen LogP contribution in [0.1, 0.15) is 12.1 Å². The van der Waals surface area contributed by atoms with Crippen LogP contribution in [0.3, 0.4) is 0 Å². The van der Waals surface area contributed by atoms with Crippen LogP contribution >= 0.6 is 0 Å². The van der Waals surface area contributed by atoms with Gasteiger partial charge in [-0.05, 0) is 44.0 Å². The van der Waals surface area contributed by atoms with E-state index >= 15 is 0 Å². The lowest BCUT2D eigenvalue weighted by atomic mass is 10.0. The molecule has 0 saturated carbocycles. The zero-order chi connectivity index (χ0) is 12.5. The molecular formula is C13H14FN3O. The highest BCUT2D eigenvalue weighted by Gasteiger charge is 2.16. The summed E-state index contributed by atoms with van der Waals surface area (Å²) in [5.74, 6) is 0.110. The molecule has 0 aliphatic carbocycles. The fraction of sp³-hybridized carbons (Fsp3) is 0.385. The minimum absolute atomic E-state index is 0.222. The van der Waals surface area contributed by atoms with Crippen LogP contribution in [-0.4, -0.2) is 22.5 Å². The van der Waals surface area contributed by atoms with Crippen molar-refractivity contribution in [2.24, 2.45) is 5.92 Å². The first-order valence-corrected chi connectivity index (χ1v) is 6.11. The van der Waals surface area contributed by atoms with Crippen molar-refractivity contribution in [1.29, 1.82) is 0 Å². The summed E-state index contributed by atoms with van der Waals surface area (Å²) in [6.45, 7) is 2.01. The maximum Gasteiger partial charge on any atom is 0.258 e. The maximum atomic E-state index is 13.0. The summed E-state index contributed by atoms with van der Waals surface area (Å²) in [5.41, 5.74) is 1.07. The zero-order valence-electron chi connectivity index (χ0n) is 9.90. The zero-order valence-corrected chi connectivity index (χ0v) is 9.90. The van der Waals surface area contributed by atoms with Gasteiger partial charge in [0, 0.05) is 18.0 Å². The standard InChI is InChI=1S/C13H14FN3O/c14-10-1-2-12-16-11(5-9-3-4-15-7-9)6-13(18)17(12)8-10/h1-2,6,8-9,15H,3-5,7H2. The molecule has 1 N–H and O–H groups in total. The second kappa shape index (κ2) is 4.49. The van der Waals surface area contributed by atoms with Gasteiger partial charge in [0.25, 0.3) is 5.56 Å². The molecule has 94 valence electrons. The second-order valence-electron chi connectivity index (χ2n) is 4.72. The van der Waals surface area contributed by atoms with Crippen LogP contribution in [0.5, 0.6) is 0 Å². The number of hydrogen-bond acceptors (Lipinski definition) is 3. The van der Waals surface area contributed by atoms with E-state index in [0.29, 0.717) is 11.6 Å². The molecule has 3 rings (SSSR count). The van der Waals surface area contributed by atoms with Gasteiger partial charge in [-0.1, -0.05) is 0 Å². The molecule has 2 aromatic rings. The van der Waals surface area contributed by atoms with Crippen LogP contribution in [-0.2, 0) is 6.42 Å². The highest BCUT2D eigenvalue weighted by Crippen LogP contribution is 2.13. The molecular weight excluding hydrogens is 233 g/mol. The summed E-state index contributed by atoms with van der Waals surface area (Å²) in [6.07, 6.45) is 3.09. The Morgan fingerprint density at radius 3 is 3.17 bits per heavy atom. The van der Waals surface area contributed by atoms with Crippen molar-refractivity contribution in [2.45, 2.75) is 12.8 Å². The summed E-state index contributed by atoms with van der Waals surface area (Å²) in [6, 6.07) is 4.36. The van der Waals surface area contributed by atoms with E-state index in [2.05, 4.69) is 10.3 Å². The third-order valence-corrected chi connectivity index (χ3v) is 3.34. The van der Waals surface area contributed by atoms with E-state index < -0.39 is 5.82 Å². The van der Waals surface area contributed by atoms with Crippen molar-refractivity contribution < 1.29 is 4.39 Å². The Balaban J connectivity index is 1.99. The monoisotopic (exact) mass is 247 g/mol. The van der Waals surface area contributed by atoms with E-state index in [9.17, 15) is 9.18 Å². The van der Waals surface area contributed by atoms with E-state index in [1.54, 1.807) is 0 Å². The summed E-state index contributed by atoms with van der Waals surface area (Å²) in [7, 11) is 0. The molecule has 3 heterocycles. The van der Waals surface area contributed by atoms with Gasteiger partial charge < -0.3 is 5.32 Å². The lowest BCUT2D eigenvalue weighted by molar-refractivity contribution is 0.570. The van der Waals surface area contributed by atoms with Gasteiger partial charge >= 0.3 is 0 Å².